The summed E-state index contributed by atoms with van der Waals surface area (Å²) in [5.41, 5.74) is 1.25. The third kappa shape index (κ3) is 4.70. The van der Waals surface area contributed by atoms with E-state index in [-0.39, 0.29) is 28.1 Å². The van der Waals surface area contributed by atoms with E-state index < -0.39 is 5.97 Å². The van der Waals surface area contributed by atoms with Crippen molar-refractivity contribution in [2.45, 2.75) is 13.5 Å². The second-order valence-corrected chi connectivity index (χ2v) is 7.45. The summed E-state index contributed by atoms with van der Waals surface area (Å²) in [6, 6.07) is 11.9. The Morgan fingerprint density at radius 3 is 2.62 bits per heavy atom. The Morgan fingerprint density at radius 1 is 1.14 bits per heavy atom. The SMILES string of the molecule is COc1ccccc1N(C(C)=O)c1nc(COC(=O)c2cccc(Cl)c2Cl)cs1. The quantitative estimate of drug-likeness (QED) is 0.463. The van der Waals surface area contributed by atoms with Gasteiger partial charge in [0.05, 0.1) is 34.1 Å². The van der Waals surface area contributed by atoms with Crippen LogP contribution in [0.1, 0.15) is 23.0 Å². The molecule has 0 aliphatic carbocycles. The summed E-state index contributed by atoms with van der Waals surface area (Å²) in [5.74, 6) is -0.292. The number of para-hydroxylation sites is 2. The number of benzene rings is 2. The van der Waals surface area contributed by atoms with Gasteiger partial charge in [-0.1, -0.05) is 41.4 Å². The van der Waals surface area contributed by atoms with Gasteiger partial charge in [-0.25, -0.2) is 9.78 Å². The summed E-state index contributed by atoms with van der Waals surface area (Å²) in [7, 11) is 1.53. The van der Waals surface area contributed by atoms with Crippen LogP contribution in [0.4, 0.5) is 10.8 Å². The van der Waals surface area contributed by atoms with Crippen LogP contribution < -0.4 is 9.64 Å². The topological polar surface area (TPSA) is 68.7 Å². The first-order valence-electron chi connectivity index (χ1n) is 8.41. The highest BCUT2D eigenvalue weighted by Crippen LogP contribution is 2.35. The number of ether oxygens (including phenoxy) is 2. The maximum Gasteiger partial charge on any atom is 0.340 e. The second kappa shape index (κ2) is 9.26. The van der Waals surface area contributed by atoms with Crippen molar-refractivity contribution >= 4 is 57.2 Å². The molecular weight excluding hydrogens is 435 g/mol. The first-order valence-corrected chi connectivity index (χ1v) is 10.0. The van der Waals surface area contributed by atoms with Gasteiger partial charge in [0.2, 0.25) is 5.91 Å². The molecule has 1 heterocycles. The summed E-state index contributed by atoms with van der Waals surface area (Å²) in [6.45, 7) is 1.37. The monoisotopic (exact) mass is 450 g/mol. The summed E-state index contributed by atoms with van der Waals surface area (Å²) in [6.07, 6.45) is 0. The molecule has 2 aromatic carbocycles. The highest BCUT2D eigenvalue weighted by molar-refractivity contribution is 7.14. The van der Waals surface area contributed by atoms with Crippen molar-refractivity contribution in [3.63, 3.8) is 0 Å². The predicted molar refractivity (Wildman–Crippen MR) is 114 cm³/mol. The molecule has 0 saturated heterocycles. The van der Waals surface area contributed by atoms with E-state index in [1.165, 1.54) is 36.3 Å². The molecule has 0 spiro atoms. The van der Waals surface area contributed by atoms with Gasteiger partial charge in [0.15, 0.2) is 5.13 Å². The minimum Gasteiger partial charge on any atom is -0.495 e. The summed E-state index contributed by atoms with van der Waals surface area (Å²) in [5, 5.41) is 2.56. The van der Waals surface area contributed by atoms with Crippen LogP contribution in [-0.4, -0.2) is 24.0 Å². The fourth-order valence-corrected chi connectivity index (χ4v) is 3.81. The van der Waals surface area contributed by atoms with Crippen LogP contribution >= 0.6 is 34.5 Å². The number of carbonyl (C=O) groups is 2. The maximum absolute atomic E-state index is 12.3. The van der Waals surface area contributed by atoms with Gasteiger partial charge in [0.25, 0.3) is 0 Å². The Balaban J connectivity index is 1.78. The van der Waals surface area contributed by atoms with Gasteiger partial charge in [0.1, 0.15) is 12.4 Å². The fraction of sp³-hybridized carbons (Fsp3) is 0.150. The van der Waals surface area contributed by atoms with Gasteiger partial charge in [-0.2, -0.15) is 0 Å². The molecule has 0 aliphatic heterocycles. The number of aromatic nitrogens is 1. The maximum atomic E-state index is 12.3. The van der Waals surface area contributed by atoms with Crippen LogP contribution in [0, 0.1) is 0 Å². The molecule has 0 aliphatic rings. The summed E-state index contributed by atoms with van der Waals surface area (Å²) in [4.78, 5) is 30.4. The molecule has 0 fully saturated rings. The van der Waals surface area contributed by atoms with Crippen LogP contribution in [0.3, 0.4) is 0 Å². The molecule has 0 radical (unpaired) electrons. The number of anilines is 2. The minimum absolute atomic E-state index is 0.0736. The van der Waals surface area contributed by atoms with Crippen LogP contribution in [-0.2, 0) is 16.1 Å². The van der Waals surface area contributed by atoms with Crippen molar-refractivity contribution in [3.8, 4) is 5.75 Å². The Hall–Kier alpha value is -2.61. The molecule has 0 bridgehead atoms. The molecule has 6 nitrogen and oxygen atoms in total. The lowest BCUT2D eigenvalue weighted by Crippen LogP contribution is -2.23. The van der Waals surface area contributed by atoms with Gasteiger partial charge in [-0.15, -0.1) is 11.3 Å². The molecule has 0 saturated carbocycles. The zero-order valence-electron chi connectivity index (χ0n) is 15.5. The van der Waals surface area contributed by atoms with Gasteiger partial charge >= 0.3 is 5.97 Å². The molecule has 0 N–H and O–H groups in total. The van der Waals surface area contributed by atoms with Gasteiger partial charge < -0.3 is 9.47 Å². The zero-order valence-corrected chi connectivity index (χ0v) is 17.8. The average molecular weight is 451 g/mol. The standard InChI is InChI=1S/C20H16Cl2N2O4S/c1-12(25)24(16-8-3-4-9-17(16)27-2)20-23-13(11-29-20)10-28-19(26)14-6-5-7-15(21)18(14)22/h3-9,11H,10H2,1-2H3. The van der Waals surface area contributed by atoms with E-state index >= 15 is 0 Å². The lowest BCUT2D eigenvalue weighted by molar-refractivity contribution is -0.115. The Bertz CT molecular complexity index is 1050. The first-order chi connectivity index (χ1) is 13.9. The molecule has 150 valence electrons. The Kier molecular flexibility index (Phi) is 6.74. The number of hydrogen-bond acceptors (Lipinski definition) is 6. The highest BCUT2D eigenvalue weighted by Gasteiger charge is 2.22. The van der Waals surface area contributed by atoms with E-state index in [2.05, 4.69) is 4.98 Å². The zero-order chi connectivity index (χ0) is 21.0. The normalized spacial score (nSPS) is 10.5. The van der Waals surface area contributed by atoms with Crippen LogP contribution in [0.2, 0.25) is 10.0 Å². The van der Waals surface area contributed by atoms with Crippen molar-refractivity contribution in [3.05, 3.63) is 69.1 Å². The molecule has 3 aromatic rings. The van der Waals surface area contributed by atoms with Crippen molar-refractivity contribution in [2.75, 3.05) is 12.0 Å². The van der Waals surface area contributed by atoms with E-state index in [4.69, 9.17) is 32.7 Å². The molecule has 1 aromatic heterocycles. The third-order valence-electron chi connectivity index (χ3n) is 3.89. The van der Waals surface area contributed by atoms with Crippen LogP contribution in [0.15, 0.2) is 47.8 Å². The van der Waals surface area contributed by atoms with E-state index in [0.29, 0.717) is 22.3 Å². The molecule has 0 unspecified atom stereocenters. The number of carbonyl (C=O) groups excluding carboxylic acids is 2. The summed E-state index contributed by atoms with van der Waals surface area (Å²) >= 11 is 13.2. The smallest absolute Gasteiger partial charge is 0.340 e. The molecule has 29 heavy (non-hydrogen) atoms. The predicted octanol–water partition coefficient (Wildman–Crippen LogP) is 5.50. The number of rotatable bonds is 6. The highest BCUT2D eigenvalue weighted by atomic mass is 35.5. The van der Waals surface area contributed by atoms with E-state index in [0.717, 1.165) is 0 Å². The van der Waals surface area contributed by atoms with E-state index in [1.54, 1.807) is 35.7 Å². The molecule has 3 rings (SSSR count). The Labute approximate surface area is 181 Å². The largest absolute Gasteiger partial charge is 0.495 e. The van der Waals surface area contributed by atoms with E-state index in [1.807, 2.05) is 6.07 Å². The van der Waals surface area contributed by atoms with Crippen molar-refractivity contribution in [2.24, 2.45) is 0 Å². The first kappa shape index (κ1) is 21.1. The van der Waals surface area contributed by atoms with Gasteiger partial charge in [-0.3, -0.25) is 9.69 Å². The number of methoxy groups -OCH3 is 1. The average Bonchev–Trinajstić information content (AvgIpc) is 3.17. The minimum atomic E-state index is -0.611. The molecule has 1 amide bonds. The van der Waals surface area contributed by atoms with Crippen molar-refractivity contribution in [1.29, 1.82) is 0 Å². The molecule has 9 heteroatoms. The van der Waals surface area contributed by atoms with Crippen LogP contribution in [0.5, 0.6) is 5.75 Å². The number of thiazole rings is 1. The Morgan fingerprint density at radius 2 is 1.90 bits per heavy atom. The number of esters is 1. The molecular formula is C20H16Cl2N2O4S. The lowest BCUT2D eigenvalue weighted by Gasteiger charge is -2.20. The van der Waals surface area contributed by atoms with Crippen LogP contribution in [0.25, 0.3) is 0 Å². The van der Waals surface area contributed by atoms with Crippen molar-refractivity contribution in [1.82, 2.24) is 4.98 Å². The lowest BCUT2D eigenvalue weighted by atomic mass is 10.2. The van der Waals surface area contributed by atoms with Gasteiger partial charge in [-0.05, 0) is 24.3 Å². The number of amides is 1. The number of halogens is 2. The molecule has 0 atom stereocenters. The fourth-order valence-electron chi connectivity index (χ4n) is 2.57. The third-order valence-corrected chi connectivity index (χ3v) is 5.59. The second-order valence-electron chi connectivity index (χ2n) is 5.83. The number of hydrogen-bond donors (Lipinski definition) is 0. The summed E-state index contributed by atoms with van der Waals surface area (Å²) < 4.78 is 10.6. The van der Waals surface area contributed by atoms with Crippen molar-refractivity contribution < 1.29 is 19.1 Å². The van der Waals surface area contributed by atoms with Gasteiger partial charge in [0, 0.05) is 12.3 Å². The van der Waals surface area contributed by atoms with E-state index in [9.17, 15) is 9.59 Å². The number of nitrogens with zero attached hydrogens (tertiary/aromatic N) is 2.